The minimum absolute atomic E-state index is 0.291. The van der Waals surface area contributed by atoms with Gasteiger partial charge < -0.3 is 25.6 Å². The summed E-state index contributed by atoms with van der Waals surface area (Å²) in [6.07, 6.45) is 4.68. The van der Waals surface area contributed by atoms with Crippen molar-refractivity contribution in [3.63, 3.8) is 0 Å². The Bertz CT molecular complexity index is 1120. The molecule has 1 amide bonds. The highest BCUT2D eigenvalue weighted by molar-refractivity contribution is 5.99. The van der Waals surface area contributed by atoms with E-state index in [9.17, 15) is 9.18 Å². The first-order valence-electron chi connectivity index (χ1n) is 10.6. The third-order valence-corrected chi connectivity index (χ3v) is 5.20. The van der Waals surface area contributed by atoms with Gasteiger partial charge in [-0.25, -0.2) is 19.3 Å². The third kappa shape index (κ3) is 4.98. The molecule has 2 aromatic heterocycles. The minimum Gasteiger partial charge on any atom is -0.494 e. The molecular weight excluding hydrogens is 427 g/mol. The van der Waals surface area contributed by atoms with Crippen LogP contribution in [0.5, 0.6) is 5.75 Å². The Labute approximate surface area is 190 Å². The largest absolute Gasteiger partial charge is 0.494 e. The SMILES string of the molecule is CNC(=O)c1cnc(N2CCCNCC2)nc1Nc1cccc(-c2ncc(F)cn2)c1OC. The first-order valence-corrected chi connectivity index (χ1v) is 10.6. The molecule has 0 atom stereocenters. The number of para-hydroxylation sites is 1. The molecule has 0 spiro atoms. The Kier molecular flexibility index (Phi) is 6.89. The fourth-order valence-corrected chi connectivity index (χ4v) is 3.58. The van der Waals surface area contributed by atoms with Crippen molar-refractivity contribution in [3.05, 3.63) is 48.2 Å². The van der Waals surface area contributed by atoms with Crippen molar-refractivity contribution < 1.29 is 13.9 Å². The van der Waals surface area contributed by atoms with Crippen molar-refractivity contribution in [1.82, 2.24) is 30.6 Å². The number of amides is 1. The number of rotatable bonds is 6. The number of methoxy groups -OCH3 is 1. The fraction of sp³-hybridized carbons (Fsp3) is 0.318. The van der Waals surface area contributed by atoms with Gasteiger partial charge in [0.2, 0.25) is 5.95 Å². The Morgan fingerprint density at radius 2 is 1.97 bits per heavy atom. The van der Waals surface area contributed by atoms with Gasteiger partial charge in [-0.3, -0.25) is 4.79 Å². The number of aromatic nitrogens is 4. The van der Waals surface area contributed by atoms with Gasteiger partial charge in [-0.1, -0.05) is 6.07 Å². The smallest absolute Gasteiger partial charge is 0.256 e. The van der Waals surface area contributed by atoms with Crippen molar-refractivity contribution in [2.45, 2.75) is 6.42 Å². The average Bonchev–Trinajstić information content (AvgIpc) is 3.13. The third-order valence-electron chi connectivity index (χ3n) is 5.20. The number of benzene rings is 1. The lowest BCUT2D eigenvalue weighted by atomic mass is 10.1. The molecule has 3 aromatic rings. The van der Waals surface area contributed by atoms with Gasteiger partial charge in [0.1, 0.15) is 11.4 Å². The topological polar surface area (TPSA) is 117 Å². The Hall–Kier alpha value is -3.86. The van der Waals surface area contributed by atoms with Gasteiger partial charge in [-0.2, -0.15) is 4.98 Å². The van der Waals surface area contributed by atoms with Gasteiger partial charge in [-0.15, -0.1) is 0 Å². The van der Waals surface area contributed by atoms with Crippen LogP contribution in [-0.2, 0) is 0 Å². The van der Waals surface area contributed by atoms with Gasteiger partial charge in [-0.05, 0) is 25.1 Å². The number of hydrogen-bond donors (Lipinski definition) is 3. The Morgan fingerprint density at radius 3 is 2.73 bits per heavy atom. The number of ether oxygens (including phenoxy) is 1. The molecule has 11 heteroatoms. The van der Waals surface area contributed by atoms with E-state index in [0.717, 1.165) is 45.0 Å². The second kappa shape index (κ2) is 10.2. The minimum atomic E-state index is -0.528. The van der Waals surface area contributed by atoms with E-state index in [2.05, 4.69) is 40.8 Å². The fourth-order valence-electron chi connectivity index (χ4n) is 3.58. The molecule has 0 aliphatic carbocycles. The predicted octanol–water partition coefficient (Wildman–Crippen LogP) is 1.98. The van der Waals surface area contributed by atoms with Gasteiger partial charge in [0.05, 0.1) is 30.8 Å². The van der Waals surface area contributed by atoms with Crippen molar-refractivity contribution >= 4 is 23.4 Å². The van der Waals surface area contributed by atoms with Crippen LogP contribution < -0.4 is 25.6 Å². The van der Waals surface area contributed by atoms with Crippen LogP contribution in [0.3, 0.4) is 0 Å². The molecule has 0 bridgehead atoms. The zero-order valence-electron chi connectivity index (χ0n) is 18.4. The average molecular weight is 452 g/mol. The standard InChI is InChI=1S/C22H25FN8O2/c1-24-21(32)16-13-28-22(31-9-4-7-25-8-10-31)30-20(16)29-17-6-3-5-15(18(17)33-2)19-26-11-14(23)12-27-19/h3,5-6,11-13,25H,4,7-10H2,1-2H3,(H,24,32)(H,28,29,30). The van der Waals surface area contributed by atoms with E-state index in [4.69, 9.17) is 4.74 Å². The summed E-state index contributed by atoms with van der Waals surface area (Å²) < 4.78 is 18.9. The Morgan fingerprint density at radius 1 is 1.15 bits per heavy atom. The highest BCUT2D eigenvalue weighted by atomic mass is 19.1. The molecule has 3 heterocycles. The molecular formula is C22H25FN8O2. The molecule has 172 valence electrons. The van der Waals surface area contributed by atoms with Crippen LogP contribution in [0.1, 0.15) is 16.8 Å². The molecule has 10 nitrogen and oxygen atoms in total. The maximum absolute atomic E-state index is 13.3. The summed E-state index contributed by atoms with van der Waals surface area (Å²) in [5, 5.41) is 9.19. The summed E-state index contributed by atoms with van der Waals surface area (Å²) in [7, 11) is 3.07. The van der Waals surface area contributed by atoms with Crippen LogP contribution in [-0.4, -0.2) is 66.2 Å². The molecule has 0 unspecified atom stereocenters. The first-order chi connectivity index (χ1) is 16.1. The molecule has 1 aromatic carbocycles. The van der Waals surface area contributed by atoms with E-state index in [1.54, 1.807) is 25.2 Å². The summed E-state index contributed by atoms with van der Waals surface area (Å²) in [5.74, 6) is 0.769. The van der Waals surface area contributed by atoms with Crippen LogP contribution in [0.15, 0.2) is 36.8 Å². The van der Waals surface area contributed by atoms with Crippen LogP contribution in [0.2, 0.25) is 0 Å². The number of halogens is 1. The highest BCUT2D eigenvalue weighted by Gasteiger charge is 2.20. The molecule has 1 aliphatic heterocycles. The quantitative estimate of drug-likeness (QED) is 0.516. The van der Waals surface area contributed by atoms with Crippen LogP contribution >= 0.6 is 0 Å². The molecule has 0 saturated carbocycles. The predicted molar refractivity (Wildman–Crippen MR) is 122 cm³/mol. The summed E-state index contributed by atoms with van der Waals surface area (Å²) >= 11 is 0. The van der Waals surface area contributed by atoms with Gasteiger partial charge in [0.15, 0.2) is 17.4 Å². The number of carbonyl (C=O) groups excluding carboxylic acids is 1. The summed E-state index contributed by atoms with van der Waals surface area (Å²) in [4.78, 5) is 31.8. The zero-order valence-corrected chi connectivity index (χ0v) is 18.4. The highest BCUT2D eigenvalue weighted by Crippen LogP contribution is 2.36. The van der Waals surface area contributed by atoms with Crippen LogP contribution in [0.25, 0.3) is 11.4 Å². The molecule has 0 radical (unpaired) electrons. The zero-order chi connectivity index (χ0) is 23.2. The van der Waals surface area contributed by atoms with Crippen molar-refractivity contribution in [2.24, 2.45) is 0 Å². The second-order valence-electron chi connectivity index (χ2n) is 7.34. The number of hydrogen-bond acceptors (Lipinski definition) is 9. The van der Waals surface area contributed by atoms with Crippen molar-refractivity contribution in [2.75, 3.05) is 50.6 Å². The molecule has 3 N–H and O–H groups in total. The van der Waals surface area contributed by atoms with Gasteiger partial charge in [0, 0.05) is 32.9 Å². The number of nitrogens with zero attached hydrogens (tertiary/aromatic N) is 5. The summed E-state index contributed by atoms with van der Waals surface area (Å²) in [6.45, 7) is 3.34. The second-order valence-corrected chi connectivity index (χ2v) is 7.34. The van der Waals surface area contributed by atoms with E-state index in [-0.39, 0.29) is 5.91 Å². The Balaban J connectivity index is 1.74. The lowest BCUT2D eigenvalue weighted by Crippen LogP contribution is -2.30. The van der Waals surface area contributed by atoms with Gasteiger partial charge >= 0.3 is 0 Å². The number of nitrogens with one attached hydrogen (secondary N) is 3. The van der Waals surface area contributed by atoms with Crippen LogP contribution in [0, 0.1) is 5.82 Å². The summed E-state index contributed by atoms with van der Waals surface area (Å²) in [6, 6.07) is 5.35. The number of anilines is 3. The molecule has 1 saturated heterocycles. The van der Waals surface area contributed by atoms with Crippen molar-refractivity contribution in [1.29, 1.82) is 0 Å². The molecule has 33 heavy (non-hydrogen) atoms. The maximum atomic E-state index is 13.3. The molecule has 1 fully saturated rings. The van der Waals surface area contributed by atoms with Crippen LogP contribution in [0.4, 0.5) is 21.8 Å². The lowest BCUT2D eigenvalue weighted by molar-refractivity contribution is 0.0963. The van der Waals surface area contributed by atoms with E-state index in [1.165, 1.54) is 13.3 Å². The maximum Gasteiger partial charge on any atom is 0.256 e. The summed E-state index contributed by atoms with van der Waals surface area (Å²) in [5.41, 5.74) is 1.41. The monoisotopic (exact) mass is 452 g/mol. The lowest BCUT2D eigenvalue weighted by Gasteiger charge is -2.21. The molecule has 1 aliphatic rings. The number of carbonyl (C=O) groups is 1. The van der Waals surface area contributed by atoms with E-state index >= 15 is 0 Å². The van der Waals surface area contributed by atoms with Crippen molar-refractivity contribution in [3.8, 4) is 17.1 Å². The van der Waals surface area contributed by atoms with E-state index in [0.29, 0.717) is 40.2 Å². The van der Waals surface area contributed by atoms with E-state index in [1.807, 2.05) is 0 Å². The van der Waals surface area contributed by atoms with Gasteiger partial charge in [0.25, 0.3) is 5.91 Å². The van der Waals surface area contributed by atoms with E-state index < -0.39 is 5.82 Å². The normalized spacial score (nSPS) is 13.8. The molecule has 4 rings (SSSR count). The first kappa shape index (κ1) is 22.3.